The van der Waals surface area contributed by atoms with Crippen LogP contribution < -0.4 is 0 Å². The lowest BCUT2D eigenvalue weighted by atomic mass is 9.51. The Labute approximate surface area is 180 Å². The lowest BCUT2D eigenvalue weighted by molar-refractivity contribution is -1.03. The summed E-state index contributed by atoms with van der Waals surface area (Å²) in [6.07, 6.45) is 6.22. The van der Waals surface area contributed by atoms with Crippen molar-refractivity contribution in [2.45, 2.75) is 49.6 Å². The van der Waals surface area contributed by atoms with Crippen LogP contribution in [0.2, 0.25) is 0 Å². The van der Waals surface area contributed by atoms with E-state index in [-0.39, 0.29) is 0 Å². The molecule has 2 aromatic rings. The normalized spacial score (nSPS) is 34.2. The average Bonchev–Trinajstić information content (AvgIpc) is 3.17. The lowest BCUT2D eigenvalue weighted by Gasteiger charge is -2.71. The van der Waals surface area contributed by atoms with Gasteiger partial charge in [0.05, 0.1) is 25.1 Å². The van der Waals surface area contributed by atoms with Crippen molar-refractivity contribution in [1.82, 2.24) is 0 Å². The molecule has 3 aliphatic rings. The minimum absolute atomic E-state index is 0.543. The van der Waals surface area contributed by atoms with Gasteiger partial charge in [0, 0.05) is 20.0 Å². The molecule has 1 spiro atoms. The van der Waals surface area contributed by atoms with E-state index in [2.05, 4.69) is 61.6 Å². The molecule has 3 nitrogen and oxygen atoms in total. The van der Waals surface area contributed by atoms with E-state index in [1.54, 1.807) is 0 Å². The zero-order chi connectivity index (χ0) is 20.8. The summed E-state index contributed by atoms with van der Waals surface area (Å²) >= 11 is 0. The molecule has 2 unspecified atom stereocenters. The smallest absolute Gasteiger partial charge is 0.107 e. The summed E-state index contributed by atoms with van der Waals surface area (Å²) < 4.78 is 6.64. The van der Waals surface area contributed by atoms with Crippen LogP contribution in [0.4, 0.5) is 0 Å². The highest BCUT2D eigenvalue weighted by molar-refractivity contribution is 5.46. The van der Waals surface area contributed by atoms with Gasteiger partial charge in [-0.3, -0.25) is 0 Å². The van der Waals surface area contributed by atoms with Crippen LogP contribution >= 0.6 is 0 Å². The van der Waals surface area contributed by atoms with Crippen molar-refractivity contribution in [2.75, 3.05) is 27.3 Å². The topological polar surface area (TPSA) is 33.0 Å². The molecule has 2 aliphatic carbocycles. The second kappa shape index (κ2) is 7.22. The third-order valence-corrected chi connectivity index (χ3v) is 8.96. The molecule has 5 atom stereocenters. The molecule has 0 aromatic heterocycles. The number of likely N-dealkylation sites (N-methyl/N-ethyl adjacent to an activating group) is 1. The lowest BCUT2D eigenvalue weighted by Crippen LogP contribution is -2.83. The van der Waals surface area contributed by atoms with Gasteiger partial charge in [-0.05, 0) is 36.3 Å². The van der Waals surface area contributed by atoms with E-state index < -0.39 is 5.41 Å². The first-order valence-corrected chi connectivity index (χ1v) is 11.5. The van der Waals surface area contributed by atoms with Crippen molar-refractivity contribution in [3.8, 4) is 6.07 Å². The number of ether oxygens (including phenoxy) is 1. The predicted molar refractivity (Wildman–Crippen MR) is 119 cm³/mol. The number of quaternary nitrogens is 1. The first-order chi connectivity index (χ1) is 14.6. The Morgan fingerprint density at radius 2 is 1.70 bits per heavy atom. The molecule has 0 radical (unpaired) electrons. The molecule has 1 saturated heterocycles. The highest BCUT2D eigenvalue weighted by Gasteiger charge is 2.77. The van der Waals surface area contributed by atoms with Crippen LogP contribution in [0.1, 0.15) is 43.2 Å². The van der Waals surface area contributed by atoms with E-state index in [4.69, 9.17) is 4.74 Å². The fourth-order valence-corrected chi connectivity index (χ4v) is 7.63. The number of piperidine rings is 1. The first kappa shape index (κ1) is 19.8. The van der Waals surface area contributed by atoms with Gasteiger partial charge in [-0.25, -0.2) is 0 Å². The molecule has 0 N–H and O–H groups in total. The quantitative estimate of drug-likeness (QED) is 0.617. The molecule has 5 rings (SSSR count). The van der Waals surface area contributed by atoms with Crippen LogP contribution in [0, 0.1) is 22.7 Å². The molecule has 3 fully saturated rings. The summed E-state index contributed by atoms with van der Waals surface area (Å²) in [6, 6.07) is 25.3. The Balaban J connectivity index is 1.46. The third kappa shape index (κ3) is 2.63. The van der Waals surface area contributed by atoms with Crippen LogP contribution in [0.5, 0.6) is 0 Å². The summed E-state index contributed by atoms with van der Waals surface area (Å²) in [7, 11) is 4.28. The summed E-state index contributed by atoms with van der Waals surface area (Å²) in [5.74, 6) is 0.598. The van der Waals surface area contributed by atoms with Gasteiger partial charge in [0.2, 0.25) is 0 Å². The van der Waals surface area contributed by atoms with Gasteiger partial charge in [-0.15, -0.1) is 0 Å². The summed E-state index contributed by atoms with van der Waals surface area (Å²) in [5, 5.41) is 10.6. The van der Waals surface area contributed by atoms with Crippen LogP contribution in [-0.4, -0.2) is 43.9 Å². The highest BCUT2D eigenvalue weighted by Crippen LogP contribution is 2.70. The van der Waals surface area contributed by atoms with E-state index in [1.807, 2.05) is 19.2 Å². The largest absolute Gasteiger partial charge is 0.379 e. The van der Waals surface area contributed by atoms with Crippen molar-refractivity contribution in [1.29, 1.82) is 5.26 Å². The van der Waals surface area contributed by atoms with E-state index in [9.17, 15) is 5.26 Å². The molecule has 0 amide bonds. The maximum Gasteiger partial charge on any atom is 0.107 e. The van der Waals surface area contributed by atoms with Gasteiger partial charge in [-0.2, -0.15) is 5.26 Å². The fourth-order valence-electron chi connectivity index (χ4n) is 7.63. The molecule has 156 valence electrons. The van der Waals surface area contributed by atoms with Crippen LogP contribution in [0.3, 0.4) is 0 Å². The Hall–Kier alpha value is -2.15. The molecule has 1 aliphatic heterocycles. The van der Waals surface area contributed by atoms with Gasteiger partial charge in [0.25, 0.3) is 0 Å². The molecule has 0 bridgehead atoms. The minimum Gasteiger partial charge on any atom is -0.379 e. The van der Waals surface area contributed by atoms with Crippen LogP contribution in [0.15, 0.2) is 60.7 Å². The summed E-state index contributed by atoms with van der Waals surface area (Å²) in [6.45, 7) is 1.97. The highest BCUT2D eigenvalue weighted by atomic mass is 16.5. The molecule has 1 heterocycles. The molecular formula is C27H33N2O+. The maximum absolute atomic E-state index is 10.6. The summed E-state index contributed by atoms with van der Waals surface area (Å²) in [5.41, 5.74) is 2.25. The van der Waals surface area contributed by atoms with Gasteiger partial charge >= 0.3 is 0 Å². The van der Waals surface area contributed by atoms with E-state index >= 15 is 0 Å². The number of nitrogens with zero attached hydrogens (tertiary/aromatic N) is 2. The minimum atomic E-state index is -0.567. The van der Waals surface area contributed by atoms with Gasteiger partial charge in [0.1, 0.15) is 24.0 Å². The monoisotopic (exact) mass is 401 g/mol. The molecule has 30 heavy (non-hydrogen) atoms. The Kier molecular flexibility index (Phi) is 4.76. The Morgan fingerprint density at radius 1 is 1.07 bits per heavy atom. The SMILES string of the molecule is COCC[N+]1(C)[C@H]2CCC23C[C@@H](CC(C#N)(c2ccccc2)c2ccccc2)C[C@@H]31. The average molecular weight is 402 g/mol. The fraction of sp³-hybridized carbons (Fsp3) is 0.519. The number of hydrogen-bond donors (Lipinski definition) is 0. The second-order valence-corrected chi connectivity index (χ2v) is 10.1. The van der Waals surface area contributed by atoms with Crippen molar-refractivity contribution in [3.05, 3.63) is 71.8 Å². The molecule has 2 saturated carbocycles. The Bertz CT molecular complexity index is 897. The first-order valence-electron chi connectivity index (χ1n) is 11.5. The van der Waals surface area contributed by atoms with E-state index in [0.29, 0.717) is 11.3 Å². The number of likely N-dealkylation sites (tertiary alicyclic amines) is 1. The predicted octanol–water partition coefficient (Wildman–Crippen LogP) is 4.92. The third-order valence-electron chi connectivity index (χ3n) is 8.96. The molecule has 2 aromatic carbocycles. The summed E-state index contributed by atoms with van der Waals surface area (Å²) in [4.78, 5) is 0. The maximum atomic E-state index is 10.6. The number of nitriles is 1. The molecular weight excluding hydrogens is 368 g/mol. The van der Waals surface area contributed by atoms with Crippen molar-refractivity contribution in [3.63, 3.8) is 0 Å². The van der Waals surface area contributed by atoms with Gasteiger partial charge < -0.3 is 9.22 Å². The van der Waals surface area contributed by atoms with E-state index in [1.165, 1.54) is 30.2 Å². The second-order valence-electron chi connectivity index (χ2n) is 10.1. The van der Waals surface area contributed by atoms with Crippen molar-refractivity contribution in [2.24, 2.45) is 11.3 Å². The van der Waals surface area contributed by atoms with Gasteiger partial charge in [0.15, 0.2) is 0 Å². The van der Waals surface area contributed by atoms with Crippen LogP contribution in [0.25, 0.3) is 0 Å². The number of rotatable bonds is 7. The number of benzene rings is 2. The standard InChI is InChI=1S/C27H33N2O/c1-29(15-16-30-2)24-13-14-26(24)18-21(17-25(26)29)19-27(20-28,22-9-5-3-6-10-22)23-11-7-4-8-12-23/h3-12,21,24-25H,13-19H2,1-2H3/q+1/t21-,24-,25-,26?,29?/m0/s1. The van der Waals surface area contributed by atoms with Gasteiger partial charge in [-0.1, -0.05) is 60.7 Å². The Morgan fingerprint density at radius 3 is 2.20 bits per heavy atom. The number of methoxy groups -OCH3 is 1. The zero-order valence-corrected chi connectivity index (χ0v) is 18.3. The molecule has 3 heteroatoms. The number of hydrogen-bond acceptors (Lipinski definition) is 2. The zero-order valence-electron chi connectivity index (χ0n) is 18.3. The van der Waals surface area contributed by atoms with E-state index in [0.717, 1.165) is 42.8 Å². The van der Waals surface area contributed by atoms with Crippen molar-refractivity contribution >= 4 is 0 Å². The van der Waals surface area contributed by atoms with Crippen LogP contribution in [-0.2, 0) is 10.2 Å². The van der Waals surface area contributed by atoms with Crippen molar-refractivity contribution < 1.29 is 9.22 Å².